The van der Waals surface area contributed by atoms with Crippen LogP contribution in [0.4, 0.5) is 5.00 Å². The van der Waals surface area contributed by atoms with E-state index in [0.29, 0.717) is 21.7 Å². The van der Waals surface area contributed by atoms with Gasteiger partial charge in [0.2, 0.25) is 0 Å². The van der Waals surface area contributed by atoms with Gasteiger partial charge in [0, 0.05) is 12.5 Å². The third-order valence-corrected chi connectivity index (χ3v) is 6.02. The van der Waals surface area contributed by atoms with E-state index < -0.39 is 23.9 Å². The summed E-state index contributed by atoms with van der Waals surface area (Å²) in [6.07, 6.45) is 0.941. The minimum atomic E-state index is -1.07. The molecule has 1 atom stereocenters. The Bertz CT molecular complexity index is 1260. The Kier molecular flexibility index (Phi) is 6.04. The van der Waals surface area contributed by atoms with E-state index in [-0.39, 0.29) is 30.0 Å². The van der Waals surface area contributed by atoms with Crippen molar-refractivity contribution in [2.75, 3.05) is 5.32 Å². The number of primary amides is 1. The summed E-state index contributed by atoms with van der Waals surface area (Å²) in [5.41, 5.74) is 5.96. The number of nitrogens with two attached hydrogens (primary N) is 1. The number of ether oxygens (including phenoxy) is 1. The summed E-state index contributed by atoms with van der Waals surface area (Å²) >= 11 is 1.15. The van der Waals surface area contributed by atoms with E-state index in [1.165, 1.54) is 13.0 Å². The first-order chi connectivity index (χ1) is 15.3. The third kappa shape index (κ3) is 4.54. The lowest BCUT2D eigenvalue weighted by molar-refractivity contribution is -0.153. The van der Waals surface area contributed by atoms with Gasteiger partial charge in [-0.1, -0.05) is 12.1 Å². The van der Waals surface area contributed by atoms with E-state index in [9.17, 15) is 19.2 Å². The van der Waals surface area contributed by atoms with E-state index in [2.05, 4.69) is 10.3 Å². The maximum absolute atomic E-state index is 12.9. The van der Waals surface area contributed by atoms with Crippen LogP contribution in [-0.4, -0.2) is 33.4 Å². The number of anilines is 1. The van der Waals surface area contributed by atoms with Gasteiger partial charge in [0.1, 0.15) is 10.8 Å². The third-order valence-electron chi connectivity index (χ3n) is 5.19. The number of carbonyl (C=O) groups excluding carboxylic acids is 3. The number of amides is 2. The maximum Gasteiger partial charge on any atom is 0.307 e. The maximum atomic E-state index is 12.9. The lowest BCUT2D eigenvalue weighted by Crippen LogP contribution is -2.31. The number of benzene rings is 1. The molecular formula is C22H22N4O5S. The minimum absolute atomic E-state index is 0.0271. The van der Waals surface area contributed by atoms with Gasteiger partial charge in [-0.25, -0.2) is 4.98 Å². The molecule has 9 nitrogen and oxygen atoms in total. The number of rotatable bonds is 8. The number of aromatic nitrogens is 2. The van der Waals surface area contributed by atoms with Crippen LogP contribution in [0.25, 0.3) is 10.9 Å². The average molecular weight is 455 g/mol. The lowest BCUT2D eigenvalue weighted by Gasteiger charge is -2.15. The standard InChI is InChI=1S/C22H22N4O5S/c1-12(20(29)25-21-15(19(23)28)10-11-32-21)31-18(27)9-8-17-24-16-5-3-2-4-14(16)22(30)26(17)13-6-7-13/h2-5,10-13H,6-9H2,1H3,(H2,23,28)(H,25,29). The number of thiophene rings is 1. The van der Waals surface area contributed by atoms with Crippen molar-refractivity contribution >= 4 is 45.0 Å². The zero-order valence-corrected chi connectivity index (χ0v) is 18.2. The summed E-state index contributed by atoms with van der Waals surface area (Å²) in [4.78, 5) is 53.6. The number of hydrogen-bond acceptors (Lipinski definition) is 7. The van der Waals surface area contributed by atoms with Crippen molar-refractivity contribution in [1.82, 2.24) is 9.55 Å². The van der Waals surface area contributed by atoms with Gasteiger partial charge < -0.3 is 15.8 Å². The van der Waals surface area contributed by atoms with Crippen LogP contribution in [0.1, 0.15) is 48.4 Å². The summed E-state index contributed by atoms with van der Waals surface area (Å²) in [5, 5.41) is 5.04. The summed E-state index contributed by atoms with van der Waals surface area (Å²) in [6.45, 7) is 1.44. The van der Waals surface area contributed by atoms with Crippen LogP contribution in [0, 0.1) is 0 Å². The largest absolute Gasteiger partial charge is 0.453 e. The van der Waals surface area contributed by atoms with Crippen LogP contribution in [-0.2, 0) is 20.7 Å². The molecule has 0 saturated heterocycles. The van der Waals surface area contributed by atoms with E-state index >= 15 is 0 Å². The highest BCUT2D eigenvalue weighted by Crippen LogP contribution is 2.35. The van der Waals surface area contributed by atoms with E-state index in [1.807, 2.05) is 6.07 Å². The van der Waals surface area contributed by atoms with Gasteiger partial charge in [-0.05, 0) is 43.3 Å². The highest BCUT2D eigenvalue weighted by Gasteiger charge is 2.29. The Morgan fingerprint density at radius 2 is 2.03 bits per heavy atom. The number of aryl methyl sites for hydroxylation is 1. The number of nitrogens with one attached hydrogen (secondary N) is 1. The quantitative estimate of drug-likeness (QED) is 0.502. The lowest BCUT2D eigenvalue weighted by atomic mass is 10.2. The van der Waals surface area contributed by atoms with Gasteiger partial charge in [0.25, 0.3) is 17.4 Å². The molecule has 3 aromatic rings. The van der Waals surface area contributed by atoms with Gasteiger partial charge in [0.05, 0.1) is 22.9 Å². The van der Waals surface area contributed by atoms with Crippen LogP contribution in [0.2, 0.25) is 0 Å². The fraction of sp³-hybridized carbons (Fsp3) is 0.318. The van der Waals surface area contributed by atoms with Crippen molar-refractivity contribution in [1.29, 1.82) is 0 Å². The molecule has 0 aliphatic heterocycles. The summed E-state index contributed by atoms with van der Waals surface area (Å²) in [5.74, 6) is -1.27. The summed E-state index contributed by atoms with van der Waals surface area (Å²) in [7, 11) is 0. The Morgan fingerprint density at radius 3 is 2.75 bits per heavy atom. The van der Waals surface area contributed by atoms with Crippen LogP contribution in [0.15, 0.2) is 40.5 Å². The molecule has 1 unspecified atom stereocenters. The topological polar surface area (TPSA) is 133 Å². The predicted octanol–water partition coefficient (Wildman–Crippen LogP) is 2.39. The molecule has 1 fully saturated rings. The summed E-state index contributed by atoms with van der Waals surface area (Å²) < 4.78 is 6.91. The Balaban J connectivity index is 1.41. The molecule has 2 amide bonds. The molecule has 0 spiro atoms. The van der Waals surface area contributed by atoms with E-state index in [1.54, 1.807) is 28.1 Å². The molecule has 1 aliphatic rings. The van der Waals surface area contributed by atoms with Crippen molar-refractivity contribution in [3.8, 4) is 0 Å². The van der Waals surface area contributed by atoms with Gasteiger partial charge in [-0.2, -0.15) is 0 Å². The minimum Gasteiger partial charge on any atom is -0.453 e. The van der Waals surface area contributed by atoms with Crippen molar-refractivity contribution in [3.63, 3.8) is 0 Å². The normalized spacial score (nSPS) is 14.2. The first-order valence-corrected chi connectivity index (χ1v) is 11.1. The summed E-state index contributed by atoms with van der Waals surface area (Å²) in [6, 6.07) is 8.75. The second-order valence-corrected chi connectivity index (χ2v) is 8.52. The van der Waals surface area contributed by atoms with Crippen LogP contribution in [0.3, 0.4) is 0 Å². The predicted molar refractivity (Wildman–Crippen MR) is 120 cm³/mol. The van der Waals surface area contributed by atoms with E-state index in [4.69, 9.17) is 10.5 Å². The smallest absolute Gasteiger partial charge is 0.307 e. The molecule has 2 aromatic heterocycles. The van der Waals surface area contributed by atoms with Crippen LogP contribution < -0.4 is 16.6 Å². The second-order valence-electron chi connectivity index (χ2n) is 7.60. The molecule has 1 aromatic carbocycles. The zero-order valence-electron chi connectivity index (χ0n) is 17.4. The first kappa shape index (κ1) is 21.7. The molecule has 4 rings (SSSR count). The molecular weight excluding hydrogens is 432 g/mol. The van der Waals surface area contributed by atoms with Crippen molar-refractivity contribution in [3.05, 3.63) is 57.5 Å². The van der Waals surface area contributed by atoms with E-state index in [0.717, 1.165) is 24.2 Å². The van der Waals surface area contributed by atoms with Crippen LogP contribution >= 0.6 is 11.3 Å². The average Bonchev–Trinajstić information content (AvgIpc) is 3.49. The molecule has 0 bridgehead atoms. The number of esters is 1. The van der Waals surface area contributed by atoms with Gasteiger partial charge >= 0.3 is 5.97 Å². The number of para-hydroxylation sites is 1. The van der Waals surface area contributed by atoms with Crippen molar-refractivity contribution in [2.45, 2.75) is 44.8 Å². The fourth-order valence-corrected chi connectivity index (χ4v) is 4.21. The molecule has 0 radical (unpaired) electrons. The highest BCUT2D eigenvalue weighted by molar-refractivity contribution is 7.14. The number of carbonyl (C=O) groups is 3. The van der Waals surface area contributed by atoms with Gasteiger partial charge in [0.15, 0.2) is 6.10 Å². The molecule has 2 heterocycles. The molecule has 3 N–H and O–H groups in total. The van der Waals surface area contributed by atoms with Crippen molar-refractivity contribution in [2.24, 2.45) is 5.73 Å². The monoisotopic (exact) mass is 454 g/mol. The molecule has 166 valence electrons. The molecule has 1 saturated carbocycles. The highest BCUT2D eigenvalue weighted by atomic mass is 32.1. The Labute approximate surface area is 187 Å². The van der Waals surface area contributed by atoms with Crippen molar-refractivity contribution < 1.29 is 19.1 Å². The SMILES string of the molecule is CC(OC(=O)CCc1nc2ccccc2c(=O)n1C1CC1)C(=O)Nc1sccc1C(N)=O. The van der Waals surface area contributed by atoms with Gasteiger partial charge in [-0.3, -0.25) is 23.7 Å². The Morgan fingerprint density at radius 1 is 1.28 bits per heavy atom. The number of hydrogen-bond donors (Lipinski definition) is 2. The first-order valence-electron chi connectivity index (χ1n) is 10.2. The van der Waals surface area contributed by atoms with Crippen LogP contribution in [0.5, 0.6) is 0 Å². The number of fused-ring (bicyclic) bond motifs is 1. The fourth-order valence-electron chi connectivity index (χ4n) is 3.41. The Hall–Kier alpha value is -3.53. The second kappa shape index (κ2) is 8.91. The number of nitrogens with zero attached hydrogens (tertiary/aromatic N) is 2. The molecule has 1 aliphatic carbocycles. The molecule has 10 heteroatoms. The zero-order chi connectivity index (χ0) is 22.8. The van der Waals surface area contributed by atoms with Gasteiger partial charge in [-0.15, -0.1) is 11.3 Å². The molecule has 32 heavy (non-hydrogen) atoms.